The highest BCUT2D eigenvalue weighted by atomic mass is 32.2. The molecule has 1 fully saturated rings. The van der Waals surface area contributed by atoms with Crippen LogP contribution in [0.5, 0.6) is 0 Å². The van der Waals surface area contributed by atoms with Crippen LogP contribution in [0.3, 0.4) is 0 Å². The van der Waals surface area contributed by atoms with Gasteiger partial charge in [-0.2, -0.15) is 0 Å². The van der Waals surface area contributed by atoms with Crippen molar-refractivity contribution in [3.05, 3.63) is 29.3 Å². The van der Waals surface area contributed by atoms with Gasteiger partial charge < -0.3 is 5.32 Å². The summed E-state index contributed by atoms with van der Waals surface area (Å²) >= 11 is 0. The molecule has 122 valence electrons. The van der Waals surface area contributed by atoms with Crippen molar-refractivity contribution in [2.75, 3.05) is 16.6 Å². The summed E-state index contributed by atoms with van der Waals surface area (Å²) in [5.41, 5.74) is 1.99. The molecule has 0 unspecified atom stereocenters. The molecule has 1 aliphatic rings. The topological polar surface area (TPSA) is 66.5 Å². The first-order chi connectivity index (χ1) is 10.3. The van der Waals surface area contributed by atoms with Gasteiger partial charge in [0.25, 0.3) is 5.91 Å². The zero-order valence-electron chi connectivity index (χ0n) is 13.4. The number of benzene rings is 1. The standard InChI is InChI=1S/C16H24N2O3S/c1-4-13(3)17-16(19)14-8-7-12(2)15(11-14)18-9-5-6-10-22(18,20)21/h7-8,11,13H,4-6,9-10H2,1-3H3,(H,17,19)/t13-/m0/s1. The molecule has 0 saturated carbocycles. The van der Waals surface area contributed by atoms with Gasteiger partial charge in [0.2, 0.25) is 10.0 Å². The normalized spacial score (nSPS) is 18.8. The number of anilines is 1. The zero-order chi connectivity index (χ0) is 16.3. The summed E-state index contributed by atoms with van der Waals surface area (Å²) in [6.07, 6.45) is 2.40. The van der Waals surface area contributed by atoms with E-state index in [1.807, 2.05) is 26.8 Å². The van der Waals surface area contributed by atoms with Gasteiger partial charge in [0.05, 0.1) is 11.4 Å². The first kappa shape index (κ1) is 16.8. The minimum atomic E-state index is -3.27. The first-order valence-corrected chi connectivity index (χ1v) is 9.38. The number of nitrogens with one attached hydrogen (secondary N) is 1. The smallest absolute Gasteiger partial charge is 0.251 e. The van der Waals surface area contributed by atoms with Crippen LogP contribution in [0.2, 0.25) is 0 Å². The molecule has 1 aliphatic heterocycles. The fraction of sp³-hybridized carbons (Fsp3) is 0.562. The van der Waals surface area contributed by atoms with E-state index in [1.165, 1.54) is 4.31 Å². The van der Waals surface area contributed by atoms with E-state index in [-0.39, 0.29) is 17.7 Å². The molecule has 22 heavy (non-hydrogen) atoms. The van der Waals surface area contributed by atoms with E-state index in [0.29, 0.717) is 24.2 Å². The summed E-state index contributed by atoms with van der Waals surface area (Å²) in [6.45, 7) is 6.31. The van der Waals surface area contributed by atoms with Crippen molar-refractivity contribution in [2.45, 2.75) is 46.1 Å². The molecule has 0 spiro atoms. The monoisotopic (exact) mass is 324 g/mol. The van der Waals surface area contributed by atoms with Gasteiger partial charge in [-0.05, 0) is 50.8 Å². The Bertz CT molecular complexity index is 655. The Balaban J connectivity index is 2.33. The molecule has 0 aromatic heterocycles. The third-order valence-electron chi connectivity index (χ3n) is 4.08. The Morgan fingerprint density at radius 1 is 1.36 bits per heavy atom. The van der Waals surface area contributed by atoms with E-state index >= 15 is 0 Å². The Morgan fingerprint density at radius 2 is 2.09 bits per heavy atom. The van der Waals surface area contributed by atoms with Crippen LogP contribution in [0.15, 0.2) is 18.2 Å². The van der Waals surface area contributed by atoms with Crippen LogP contribution in [0.4, 0.5) is 5.69 Å². The number of aryl methyl sites for hydroxylation is 1. The number of hydrogen-bond donors (Lipinski definition) is 1. The van der Waals surface area contributed by atoms with E-state index in [0.717, 1.165) is 18.4 Å². The van der Waals surface area contributed by atoms with Gasteiger partial charge in [-0.1, -0.05) is 13.0 Å². The lowest BCUT2D eigenvalue weighted by molar-refractivity contribution is 0.0939. The second-order valence-electron chi connectivity index (χ2n) is 5.88. The van der Waals surface area contributed by atoms with Crippen LogP contribution in [-0.2, 0) is 10.0 Å². The largest absolute Gasteiger partial charge is 0.350 e. The van der Waals surface area contributed by atoms with Crippen LogP contribution in [0.1, 0.15) is 49.0 Å². The average molecular weight is 324 g/mol. The molecule has 0 aliphatic carbocycles. The molecule has 5 nitrogen and oxygen atoms in total. The molecule has 1 atom stereocenters. The van der Waals surface area contributed by atoms with Gasteiger partial charge in [-0.25, -0.2) is 8.42 Å². The fourth-order valence-electron chi connectivity index (χ4n) is 2.49. The molecule has 1 aromatic rings. The molecule has 0 bridgehead atoms. The lowest BCUT2D eigenvalue weighted by atomic mass is 10.1. The van der Waals surface area contributed by atoms with Gasteiger partial charge in [-0.3, -0.25) is 9.10 Å². The second kappa shape index (κ2) is 6.69. The minimum absolute atomic E-state index is 0.0935. The van der Waals surface area contributed by atoms with Crippen molar-refractivity contribution < 1.29 is 13.2 Å². The molecule has 6 heteroatoms. The highest BCUT2D eigenvalue weighted by Gasteiger charge is 2.27. The third kappa shape index (κ3) is 3.61. The van der Waals surface area contributed by atoms with Crippen LogP contribution in [0, 0.1) is 6.92 Å². The lowest BCUT2D eigenvalue weighted by Crippen LogP contribution is -2.38. The van der Waals surface area contributed by atoms with Crippen LogP contribution in [-0.4, -0.2) is 32.7 Å². The SMILES string of the molecule is CC[C@H](C)NC(=O)c1ccc(C)c(N2CCCCS2(=O)=O)c1. The first-order valence-electron chi connectivity index (χ1n) is 7.77. The van der Waals surface area contributed by atoms with Gasteiger partial charge in [0, 0.05) is 18.2 Å². The molecule has 1 N–H and O–H groups in total. The van der Waals surface area contributed by atoms with Gasteiger partial charge in [0.1, 0.15) is 0 Å². The maximum absolute atomic E-state index is 12.3. The van der Waals surface area contributed by atoms with E-state index in [9.17, 15) is 13.2 Å². The zero-order valence-corrected chi connectivity index (χ0v) is 14.2. The van der Waals surface area contributed by atoms with Crippen molar-refractivity contribution in [1.82, 2.24) is 5.32 Å². The molecular formula is C16H24N2O3S. The van der Waals surface area contributed by atoms with Crippen molar-refractivity contribution >= 4 is 21.6 Å². The molecule has 1 amide bonds. The number of carbonyl (C=O) groups is 1. The molecule has 1 saturated heterocycles. The van der Waals surface area contributed by atoms with E-state index in [1.54, 1.807) is 12.1 Å². The number of nitrogens with zero attached hydrogens (tertiary/aromatic N) is 1. The average Bonchev–Trinajstić information content (AvgIpc) is 2.47. The Hall–Kier alpha value is -1.56. The third-order valence-corrected chi connectivity index (χ3v) is 5.93. The van der Waals surface area contributed by atoms with E-state index in [2.05, 4.69) is 5.32 Å². The highest BCUT2D eigenvalue weighted by molar-refractivity contribution is 7.92. The molecule has 1 aromatic carbocycles. The fourth-order valence-corrected chi connectivity index (χ4v) is 4.18. The summed E-state index contributed by atoms with van der Waals surface area (Å²) in [5.74, 6) is 0.0143. The van der Waals surface area contributed by atoms with E-state index in [4.69, 9.17) is 0 Å². The number of sulfonamides is 1. The van der Waals surface area contributed by atoms with Gasteiger partial charge in [0.15, 0.2) is 0 Å². The van der Waals surface area contributed by atoms with Crippen LogP contribution >= 0.6 is 0 Å². The number of rotatable bonds is 4. The quantitative estimate of drug-likeness (QED) is 0.925. The summed E-state index contributed by atoms with van der Waals surface area (Å²) in [7, 11) is -3.27. The maximum Gasteiger partial charge on any atom is 0.251 e. The number of carbonyl (C=O) groups excluding carboxylic acids is 1. The lowest BCUT2D eigenvalue weighted by Gasteiger charge is -2.29. The van der Waals surface area contributed by atoms with Crippen molar-refractivity contribution in [3.8, 4) is 0 Å². The number of amides is 1. The highest BCUT2D eigenvalue weighted by Crippen LogP contribution is 2.28. The predicted molar refractivity (Wildman–Crippen MR) is 88.8 cm³/mol. The van der Waals surface area contributed by atoms with Crippen molar-refractivity contribution in [3.63, 3.8) is 0 Å². The summed E-state index contributed by atoms with van der Waals surface area (Å²) < 4.78 is 26.0. The second-order valence-corrected chi connectivity index (χ2v) is 7.89. The molecule has 0 radical (unpaired) electrons. The molecule has 2 rings (SSSR count). The Kier molecular flexibility index (Phi) is 5.11. The van der Waals surface area contributed by atoms with Crippen LogP contribution < -0.4 is 9.62 Å². The van der Waals surface area contributed by atoms with E-state index < -0.39 is 10.0 Å². The Morgan fingerprint density at radius 3 is 2.73 bits per heavy atom. The summed E-state index contributed by atoms with van der Waals surface area (Å²) in [5, 5.41) is 2.91. The van der Waals surface area contributed by atoms with Crippen LogP contribution in [0.25, 0.3) is 0 Å². The van der Waals surface area contributed by atoms with Crippen molar-refractivity contribution in [2.24, 2.45) is 0 Å². The maximum atomic E-state index is 12.3. The van der Waals surface area contributed by atoms with Gasteiger partial charge >= 0.3 is 0 Å². The van der Waals surface area contributed by atoms with Crippen molar-refractivity contribution in [1.29, 1.82) is 0 Å². The minimum Gasteiger partial charge on any atom is -0.350 e. The summed E-state index contributed by atoms with van der Waals surface area (Å²) in [4.78, 5) is 12.2. The number of hydrogen-bond acceptors (Lipinski definition) is 3. The van der Waals surface area contributed by atoms with Gasteiger partial charge in [-0.15, -0.1) is 0 Å². The summed E-state index contributed by atoms with van der Waals surface area (Å²) in [6, 6.07) is 5.34. The molecule has 1 heterocycles. The predicted octanol–water partition coefficient (Wildman–Crippen LogP) is 2.45. The Labute approximate surface area is 132 Å². The molecular weight excluding hydrogens is 300 g/mol.